The van der Waals surface area contributed by atoms with E-state index in [9.17, 15) is 9.59 Å². The zero-order chi connectivity index (χ0) is 24.8. The molecule has 2 unspecified atom stereocenters. The van der Waals surface area contributed by atoms with Crippen molar-refractivity contribution in [2.24, 2.45) is 28.5 Å². The Morgan fingerprint density at radius 3 is 2.48 bits per heavy atom. The van der Waals surface area contributed by atoms with Gasteiger partial charge in [0.05, 0.1) is 18.0 Å². The summed E-state index contributed by atoms with van der Waals surface area (Å²) in [6.07, 6.45) is 12.0. The molecule has 1 heterocycles. The molecule has 6 nitrogen and oxygen atoms in total. The number of amides is 2. The molecule has 1 aliphatic heterocycles. The van der Waals surface area contributed by atoms with Gasteiger partial charge in [-0.15, -0.1) is 12.8 Å². The van der Waals surface area contributed by atoms with Crippen molar-refractivity contribution in [1.82, 2.24) is 10.2 Å². The van der Waals surface area contributed by atoms with E-state index in [-0.39, 0.29) is 41.1 Å². The second-order valence-corrected chi connectivity index (χ2v) is 8.93. The van der Waals surface area contributed by atoms with Crippen LogP contribution in [0.2, 0.25) is 0 Å². The number of benzene rings is 1. The number of nitrogens with one attached hydrogen (secondary N) is 1. The summed E-state index contributed by atoms with van der Waals surface area (Å²) in [6.45, 7) is 10.7. The highest BCUT2D eigenvalue weighted by Crippen LogP contribution is 2.47. The van der Waals surface area contributed by atoms with Gasteiger partial charge in [0.1, 0.15) is 0 Å². The van der Waals surface area contributed by atoms with Crippen LogP contribution in [0.25, 0.3) is 0 Å². The number of terminal acetylenes is 1. The van der Waals surface area contributed by atoms with E-state index < -0.39 is 0 Å². The number of carbonyl (C=O) groups is 2. The van der Waals surface area contributed by atoms with Gasteiger partial charge in [-0.3, -0.25) is 14.5 Å². The van der Waals surface area contributed by atoms with Crippen LogP contribution in [0.5, 0.6) is 0 Å². The Morgan fingerprint density at radius 2 is 1.88 bits per heavy atom. The molecule has 1 aromatic rings. The van der Waals surface area contributed by atoms with Crippen LogP contribution in [0.15, 0.2) is 29.3 Å². The summed E-state index contributed by atoms with van der Waals surface area (Å²) in [5.74, 6) is 0.765. The van der Waals surface area contributed by atoms with Gasteiger partial charge in [-0.2, -0.15) is 0 Å². The van der Waals surface area contributed by atoms with Gasteiger partial charge in [0.25, 0.3) is 0 Å². The Hall–Kier alpha value is -2.81. The molecule has 4 atom stereocenters. The van der Waals surface area contributed by atoms with E-state index >= 15 is 0 Å². The maximum absolute atomic E-state index is 12.9. The lowest BCUT2D eigenvalue weighted by Crippen LogP contribution is -2.52. The Kier molecular flexibility index (Phi) is 9.10. The molecule has 0 spiro atoms. The van der Waals surface area contributed by atoms with E-state index in [4.69, 9.17) is 5.73 Å². The molecule has 33 heavy (non-hydrogen) atoms. The van der Waals surface area contributed by atoms with Crippen LogP contribution in [0, 0.1) is 30.6 Å². The lowest BCUT2D eigenvalue weighted by Gasteiger charge is -2.36. The quantitative estimate of drug-likeness (QED) is 0.638. The van der Waals surface area contributed by atoms with Gasteiger partial charge < -0.3 is 11.1 Å². The van der Waals surface area contributed by atoms with E-state index in [1.807, 2.05) is 33.8 Å². The summed E-state index contributed by atoms with van der Waals surface area (Å²) in [4.78, 5) is 31.9. The van der Waals surface area contributed by atoms with E-state index in [0.29, 0.717) is 18.9 Å². The number of carbonyl (C=O) groups excluding carboxylic acids is 2. The normalized spacial score (nSPS) is 26.6. The predicted molar refractivity (Wildman–Crippen MR) is 134 cm³/mol. The fraction of sp³-hybridized carbons (Fsp3) is 0.593. The number of aryl methyl sites for hydroxylation is 1. The molecular weight excluding hydrogens is 412 g/mol. The molecular formula is C27H40N4O2. The molecule has 4 rings (SSSR count). The maximum atomic E-state index is 12.9. The minimum Gasteiger partial charge on any atom is -0.369 e. The number of aliphatic imine (C=N–C) groups is 1. The molecule has 3 aliphatic rings. The highest BCUT2D eigenvalue weighted by molar-refractivity contribution is 5.99. The van der Waals surface area contributed by atoms with Crippen LogP contribution < -0.4 is 11.1 Å². The Labute approximate surface area is 199 Å². The smallest absolute Gasteiger partial charge is 0.231 e. The van der Waals surface area contributed by atoms with Crippen molar-refractivity contribution in [3.8, 4) is 12.8 Å². The minimum atomic E-state index is -0.362. The second kappa shape index (κ2) is 11.4. The van der Waals surface area contributed by atoms with Gasteiger partial charge >= 0.3 is 0 Å². The molecule has 1 fully saturated rings. The second-order valence-electron chi connectivity index (χ2n) is 8.93. The Balaban J connectivity index is 0.000000914. The summed E-state index contributed by atoms with van der Waals surface area (Å²) in [5, 5.41) is 3.24. The van der Waals surface area contributed by atoms with Gasteiger partial charge in [-0.1, -0.05) is 58.9 Å². The van der Waals surface area contributed by atoms with Gasteiger partial charge in [0.15, 0.2) is 5.96 Å². The average Bonchev–Trinajstić information content (AvgIpc) is 3.31. The molecule has 0 radical (unpaired) electrons. The van der Waals surface area contributed by atoms with Crippen molar-refractivity contribution in [2.75, 3.05) is 6.54 Å². The zero-order valence-electron chi connectivity index (χ0n) is 20.8. The van der Waals surface area contributed by atoms with Crippen LogP contribution >= 0.6 is 0 Å². The first kappa shape index (κ1) is 26.4. The Morgan fingerprint density at radius 1 is 1.24 bits per heavy atom. The first-order valence-electron chi connectivity index (χ1n) is 12.3. The third-order valence-electron chi connectivity index (χ3n) is 7.43. The van der Waals surface area contributed by atoms with E-state index in [2.05, 4.69) is 48.3 Å². The van der Waals surface area contributed by atoms with Crippen LogP contribution in [0.4, 0.5) is 0 Å². The fourth-order valence-electron chi connectivity index (χ4n) is 5.15. The van der Waals surface area contributed by atoms with Crippen LogP contribution in [-0.4, -0.2) is 34.8 Å². The van der Waals surface area contributed by atoms with Crippen LogP contribution in [-0.2, 0) is 16.0 Å². The first-order chi connectivity index (χ1) is 15.9. The maximum Gasteiger partial charge on any atom is 0.231 e. The number of rotatable bonds is 6. The topological polar surface area (TPSA) is 87.8 Å². The molecule has 2 amide bonds. The zero-order valence-corrected chi connectivity index (χ0v) is 20.8. The average molecular weight is 453 g/mol. The number of hydrogen-bond donors (Lipinski definition) is 2. The summed E-state index contributed by atoms with van der Waals surface area (Å²) in [7, 11) is 0. The van der Waals surface area contributed by atoms with E-state index in [1.54, 1.807) is 4.90 Å². The van der Waals surface area contributed by atoms with E-state index in [1.165, 1.54) is 11.1 Å². The highest BCUT2D eigenvalue weighted by Gasteiger charge is 2.53. The standard InChI is InChI=1S/C23H32N4O2.C2H6.C2H2/c1-4-23(5-2)12-19(28)27(22(24)26-23)13-17-14(3)20(17)21(29)25-18-11-10-15-8-6-7-9-16(15)18;2*1-2/h6-9,14,17-18,20H,4-5,10-13H2,1-3H3,(H2,24,26)(H,25,29);1-2H3;1-2H/t14?,17-,18-,20?;;/m0../s1. The first-order valence-corrected chi connectivity index (χ1v) is 12.3. The molecule has 0 saturated heterocycles. The number of nitrogens with zero attached hydrogens (tertiary/aromatic N) is 2. The van der Waals surface area contributed by atoms with Crippen molar-refractivity contribution in [1.29, 1.82) is 0 Å². The molecule has 1 saturated carbocycles. The third kappa shape index (κ3) is 5.40. The van der Waals surface area contributed by atoms with Crippen LogP contribution in [0.1, 0.15) is 77.5 Å². The summed E-state index contributed by atoms with van der Waals surface area (Å²) >= 11 is 0. The fourth-order valence-corrected chi connectivity index (χ4v) is 5.15. The number of hydrogen-bond acceptors (Lipinski definition) is 4. The minimum absolute atomic E-state index is 0.0316. The van der Waals surface area contributed by atoms with Crippen molar-refractivity contribution in [2.45, 2.75) is 78.3 Å². The van der Waals surface area contributed by atoms with Gasteiger partial charge in [0, 0.05) is 12.5 Å². The predicted octanol–water partition coefficient (Wildman–Crippen LogP) is 4.05. The van der Waals surface area contributed by atoms with E-state index in [0.717, 1.165) is 25.7 Å². The summed E-state index contributed by atoms with van der Waals surface area (Å²) < 4.78 is 0. The molecule has 0 bridgehead atoms. The molecule has 2 aliphatic carbocycles. The molecule has 1 aromatic carbocycles. The number of fused-ring (bicyclic) bond motifs is 1. The lowest BCUT2D eigenvalue weighted by atomic mass is 9.88. The molecule has 6 heteroatoms. The monoisotopic (exact) mass is 452 g/mol. The molecule has 180 valence electrons. The summed E-state index contributed by atoms with van der Waals surface area (Å²) in [5.41, 5.74) is 8.39. The number of guanidine groups is 1. The molecule has 3 N–H and O–H groups in total. The van der Waals surface area contributed by atoms with Gasteiger partial charge in [0.2, 0.25) is 11.8 Å². The van der Waals surface area contributed by atoms with Crippen molar-refractivity contribution in [3.63, 3.8) is 0 Å². The van der Waals surface area contributed by atoms with Gasteiger partial charge in [-0.25, -0.2) is 4.99 Å². The van der Waals surface area contributed by atoms with Crippen molar-refractivity contribution >= 4 is 17.8 Å². The highest BCUT2D eigenvalue weighted by atomic mass is 16.2. The van der Waals surface area contributed by atoms with Crippen LogP contribution in [0.3, 0.4) is 0 Å². The van der Waals surface area contributed by atoms with Crippen molar-refractivity contribution in [3.05, 3.63) is 35.4 Å². The SMILES string of the molecule is C#C.CC.CCC1(CC)CC(=O)N(C[C@H]2C(C)C2C(=O)N[C@H]2CCc3ccccc32)C(N)=N1. The largest absolute Gasteiger partial charge is 0.369 e. The van der Waals surface area contributed by atoms with Gasteiger partial charge in [-0.05, 0) is 48.6 Å². The Bertz CT molecular complexity index is 887. The van der Waals surface area contributed by atoms with Crippen molar-refractivity contribution < 1.29 is 9.59 Å². The number of nitrogens with two attached hydrogens (primary N) is 1. The lowest BCUT2D eigenvalue weighted by molar-refractivity contribution is -0.130. The molecule has 0 aromatic heterocycles. The third-order valence-corrected chi connectivity index (χ3v) is 7.43. The summed E-state index contributed by atoms with van der Waals surface area (Å²) in [6, 6.07) is 8.43.